The fraction of sp³-hybridized carbons (Fsp3) is 0.514. The molecule has 5 aliphatic rings. The van der Waals surface area contributed by atoms with Crippen LogP contribution in [0.1, 0.15) is 88.2 Å². The van der Waals surface area contributed by atoms with Crippen LogP contribution >= 0.6 is 0 Å². The Morgan fingerprint density at radius 3 is 2.48 bits per heavy atom. The molecule has 10 nitrogen and oxygen atoms in total. The highest BCUT2D eigenvalue weighted by Gasteiger charge is 2.39. The highest BCUT2D eigenvalue weighted by Crippen LogP contribution is 2.52. The first-order chi connectivity index (χ1) is 22.2. The van der Waals surface area contributed by atoms with Gasteiger partial charge in [-0.1, -0.05) is 12.1 Å². The molecule has 2 atom stereocenters. The van der Waals surface area contributed by atoms with E-state index in [2.05, 4.69) is 37.2 Å². The summed E-state index contributed by atoms with van der Waals surface area (Å²) in [5.41, 5.74) is 12.2. The Kier molecular flexibility index (Phi) is 7.19. The third kappa shape index (κ3) is 5.09. The molecule has 1 saturated carbocycles. The van der Waals surface area contributed by atoms with Crippen LogP contribution in [-0.2, 0) is 73.4 Å². The van der Waals surface area contributed by atoms with Crippen molar-refractivity contribution in [2.24, 2.45) is 18.0 Å². The third-order valence-electron chi connectivity index (χ3n) is 11.1. The van der Waals surface area contributed by atoms with E-state index >= 15 is 0 Å². The maximum Gasteiger partial charge on any atom is 0.333 e. The van der Waals surface area contributed by atoms with Crippen LogP contribution in [0.25, 0.3) is 0 Å². The van der Waals surface area contributed by atoms with Crippen molar-refractivity contribution in [1.29, 1.82) is 0 Å². The number of aromatic nitrogens is 2. The molecule has 2 amide bonds. The Hall–Kier alpha value is -3.79. The molecule has 1 aromatic heterocycles. The van der Waals surface area contributed by atoms with Gasteiger partial charge in [0, 0.05) is 31.4 Å². The second-order valence-electron chi connectivity index (χ2n) is 14.0. The molecule has 0 radical (unpaired) electrons. The molecule has 0 bridgehead atoms. The zero-order valence-corrected chi connectivity index (χ0v) is 27.3. The van der Waals surface area contributed by atoms with Crippen LogP contribution in [0.2, 0.25) is 0 Å². The summed E-state index contributed by atoms with van der Waals surface area (Å²) in [5, 5.41) is 7.07. The predicted octanol–water partition coefficient (Wildman–Crippen LogP) is 4.91. The van der Waals surface area contributed by atoms with Gasteiger partial charge >= 0.3 is 6.03 Å². The number of aliphatic imine (C=N–C) groups is 1. The van der Waals surface area contributed by atoms with Crippen LogP contribution in [0.4, 0.5) is 16.2 Å². The van der Waals surface area contributed by atoms with Crippen LogP contribution in [-0.4, -0.2) is 48.3 Å². The molecule has 11 heteroatoms. The minimum absolute atomic E-state index is 0.159. The summed E-state index contributed by atoms with van der Waals surface area (Å²) < 4.78 is 30.4. The number of aryl methyl sites for hydroxylation is 4. The normalized spacial score (nSPS) is 21.1. The maximum atomic E-state index is 13.4. The van der Waals surface area contributed by atoms with Gasteiger partial charge < -0.3 is 5.32 Å². The molecule has 46 heavy (non-hydrogen) atoms. The van der Waals surface area contributed by atoms with E-state index in [1.165, 1.54) is 33.4 Å². The van der Waals surface area contributed by atoms with Crippen molar-refractivity contribution < 1.29 is 18.0 Å². The number of hydrogen-bond acceptors (Lipinski definition) is 7. The van der Waals surface area contributed by atoms with E-state index < -0.39 is 16.1 Å². The molecule has 2 aromatic carbocycles. The minimum Gasteiger partial charge on any atom is -0.307 e. The number of isocyanates is 1. The maximum absolute atomic E-state index is 13.4. The summed E-state index contributed by atoms with van der Waals surface area (Å²) >= 11 is 0. The summed E-state index contributed by atoms with van der Waals surface area (Å²) in [6, 6.07) is 5.98. The van der Waals surface area contributed by atoms with Gasteiger partial charge in [0.05, 0.1) is 11.4 Å². The summed E-state index contributed by atoms with van der Waals surface area (Å²) in [4.78, 5) is 31.4. The number of sulfonamides is 1. The van der Waals surface area contributed by atoms with Crippen molar-refractivity contribution in [3.05, 3.63) is 68.4 Å². The second kappa shape index (κ2) is 11.2. The van der Waals surface area contributed by atoms with Crippen LogP contribution in [0.15, 0.2) is 28.2 Å². The predicted molar refractivity (Wildman–Crippen MR) is 174 cm³/mol. The number of anilines is 1. The van der Waals surface area contributed by atoms with Gasteiger partial charge in [-0.2, -0.15) is 18.5 Å². The zero-order chi connectivity index (χ0) is 31.7. The van der Waals surface area contributed by atoms with Crippen molar-refractivity contribution in [2.75, 3.05) is 12.4 Å². The molecule has 0 saturated heterocycles. The van der Waals surface area contributed by atoms with Gasteiger partial charge in [-0.15, -0.1) is 0 Å². The number of nitrogens with zero attached hydrogens (tertiary/aromatic N) is 4. The summed E-state index contributed by atoms with van der Waals surface area (Å²) in [6.45, 7) is 0.594. The largest absolute Gasteiger partial charge is 0.333 e. The van der Waals surface area contributed by atoms with Crippen LogP contribution < -0.4 is 10.0 Å². The molecule has 8 rings (SSSR count). The molecule has 0 aliphatic heterocycles. The van der Waals surface area contributed by atoms with E-state index in [4.69, 9.17) is 0 Å². The average Bonchev–Trinajstić information content (AvgIpc) is 3.48. The number of carbonyl (C=O) groups excluding carboxylic acids is 2. The molecular formula is C35H40N6O4S. The number of amides is 2. The highest BCUT2D eigenvalue weighted by molar-refractivity contribution is 7.90. The Labute approximate surface area is 269 Å². The van der Waals surface area contributed by atoms with Crippen molar-refractivity contribution in [3.8, 4) is 0 Å². The Bertz CT molecular complexity index is 1940. The quantitative estimate of drug-likeness (QED) is 0.266. The molecule has 2 N–H and O–H groups in total. The van der Waals surface area contributed by atoms with E-state index in [1.807, 2.05) is 13.1 Å². The Balaban J connectivity index is 1.05. The first kappa shape index (κ1) is 29.6. The molecule has 2 unspecified atom stereocenters. The molecule has 0 spiro atoms. The standard InChI is InChI=1S/C35H40N6O4S/c1-40(25-10-11-25)18-26-17-31(38-41(26)2)46(44,45)39-35(43)37-33-28-7-3-6-21(28)14-23-15-24(16-30(23)33)27-12-9-22-13-20-5-4-8-29(20)34(32(22)27)36-19-42/h13-14,17,24-25,27H,3-12,15-16,18H2,1-2H3,(H2,37,39,43). The van der Waals surface area contributed by atoms with Gasteiger partial charge in [0.1, 0.15) is 0 Å². The Morgan fingerprint density at radius 1 is 0.978 bits per heavy atom. The van der Waals surface area contributed by atoms with E-state index in [-0.39, 0.29) is 10.9 Å². The van der Waals surface area contributed by atoms with Crippen LogP contribution in [0, 0.1) is 5.92 Å². The lowest BCUT2D eigenvalue weighted by Gasteiger charge is -2.22. The molecule has 1 heterocycles. The number of carbonyl (C=O) groups is 1. The van der Waals surface area contributed by atoms with Gasteiger partial charge in [-0.05, 0) is 140 Å². The van der Waals surface area contributed by atoms with Crippen LogP contribution in [0.3, 0.4) is 0 Å². The highest BCUT2D eigenvalue weighted by atomic mass is 32.2. The van der Waals surface area contributed by atoms with E-state index in [0.717, 1.165) is 105 Å². The Morgan fingerprint density at radius 2 is 1.72 bits per heavy atom. The van der Waals surface area contributed by atoms with Gasteiger partial charge in [-0.25, -0.2) is 14.3 Å². The third-order valence-corrected chi connectivity index (χ3v) is 12.3. The first-order valence-electron chi connectivity index (χ1n) is 16.7. The van der Waals surface area contributed by atoms with Crippen molar-refractivity contribution >= 4 is 33.5 Å². The van der Waals surface area contributed by atoms with E-state index in [1.54, 1.807) is 17.8 Å². The number of nitrogens with one attached hydrogen (secondary N) is 2. The topological polar surface area (TPSA) is 126 Å². The minimum atomic E-state index is -4.18. The van der Waals surface area contributed by atoms with Crippen LogP contribution in [0.5, 0.6) is 0 Å². The second-order valence-corrected chi connectivity index (χ2v) is 15.6. The average molecular weight is 641 g/mol. The number of benzene rings is 2. The summed E-state index contributed by atoms with van der Waals surface area (Å²) in [7, 11) is -0.419. The number of urea groups is 1. The number of fused-ring (bicyclic) bond motifs is 4. The van der Waals surface area contributed by atoms with E-state index in [9.17, 15) is 18.0 Å². The first-order valence-corrected chi connectivity index (χ1v) is 18.2. The number of hydrogen-bond donors (Lipinski definition) is 2. The number of rotatable bonds is 8. The van der Waals surface area contributed by atoms with E-state index in [0.29, 0.717) is 18.5 Å². The lowest BCUT2D eigenvalue weighted by Crippen LogP contribution is -2.35. The summed E-state index contributed by atoms with van der Waals surface area (Å²) in [5.74, 6) is 0.585. The van der Waals surface area contributed by atoms with Gasteiger partial charge in [0.15, 0.2) is 5.03 Å². The zero-order valence-electron chi connectivity index (χ0n) is 26.5. The summed E-state index contributed by atoms with van der Waals surface area (Å²) in [6.07, 6.45) is 13.7. The van der Waals surface area contributed by atoms with Gasteiger partial charge in [0.25, 0.3) is 10.0 Å². The van der Waals surface area contributed by atoms with Crippen molar-refractivity contribution in [2.45, 2.75) is 101 Å². The fourth-order valence-corrected chi connectivity index (χ4v) is 9.73. The van der Waals surface area contributed by atoms with Gasteiger partial charge in [-0.3, -0.25) is 9.58 Å². The molecule has 3 aromatic rings. The lowest BCUT2D eigenvalue weighted by molar-refractivity contribution is 0.256. The monoisotopic (exact) mass is 640 g/mol. The molecule has 240 valence electrons. The SMILES string of the molecule is CN(Cc1cc(S(=O)(=O)NC(=O)Nc2c3c(cc4c2CC(C2CCc5cc6c(c(N=C=O)c52)CCC6)C4)CCC3)nn1C)C1CC1. The fourth-order valence-electron chi connectivity index (χ4n) is 8.81. The van der Waals surface area contributed by atoms with Gasteiger partial charge in [0.2, 0.25) is 6.08 Å². The lowest BCUT2D eigenvalue weighted by atomic mass is 9.83. The molecule has 1 fully saturated rings. The van der Waals surface area contributed by atoms with Crippen molar-refractivity contribution in [3.63, 3.8) is 0 Å². The molecular weight excluding hydrogens is 600 g/mol. The molecule has 5 aliphatic carbocycles. The smallest absolute Gasteiger partial charge is 0.307 e. The van der Waals surface area contributed by atoms with Crippen molar-refractivity contribution in [1.82, 2.24) is 19.4 Å².